The second kappa shape index (κ2) is 9.09. The van der Waals surface area contributed by atoms with Gasteiger partial charge >= 0.3 is 0 Å². The minimum Gasteiger partial charge on any atom is -0.395 e. The van der Waals surface area contributed by atoms with Crippen molar-refractivity contribution in [2.45, 2.75) is 6.10 Å². The van der Waals surface area contributed by atoms with Crippen LogP contribution < -0.4 is 0 Å². The fraction of sp³-hybridized carbons (Fsp3) is 0.450. The molecule has 8 nitrogen and oxygen atoms in total. The quantitative estimate of drug-likeness (QED) is 0.790. The van der Waals surface area contributed by atoms with Gasteiger partial charge in [0.05, 0.1) is 36.5 Å². The minimum absolute atomic E-state index is 0.0214. The molecule has 0 unspecified atom stereocenters. The van der Waals surface area contributed by atoms with Gasteiger partial charge in [0.1, 0.15) is 12.7 Å². The van der Waals surface area contributed by atoms with Crippen molar-refractivity contribution in [2.75, 3.05) is 53.6 Å². The monoisotopic (exact) mass is 387 g/mol. The summed E-state index contributed by atoms with van der Waals surface area (Å²) < 4.78 is 10.8. The molecule has 1 aromatic carbocycles. The number of likely N-dealkylation sites (N-methyl/N-ethyl adjacent to an activating group) is 1. The summed E-state index contributed by atoms with van der Waals surface area (Å²) >= 11 is 0. The molecule has 0 radical (unpaired) electrons. The number of aliphatic hydroxyl groups excluding tert-OH is 1. The highest BCUT2D eigenvalue weighted by atomic mass is 16.5. The zero-order chi connectivity index (χ0) is 20.1. The van der Waals surface area contributed by atoms with Gasteiger partial charge in [0.25, 0.3) is 5.91 Å². The summed E-state index contributed by atoms with van der Waals surface area (Å²) in [5, 5.41) is 9.90. The third-order valence-electron chi connectivity index (χ3n) is 4.77. The summed E-state index contributed by atoms with van der Waals surface area (Å²) in [6.07, 6.45) is -0.422. The third-order valence-corrected chi connectivity index (χ3v) is 4.77. The Morgan fingerprint density at radius 3 is 2.93 bits per heavy atom. The first-order chi connectivity index (χ1) is 13.5. The van der Waals surface area contributed by atoms with E-state index in [1.807, 2.05) is 24.3 Å². The van der Waals surface area contributed by atoms with Crippen molar-refractivity contribution < 1.29 is 24.2 Å². The molecule has 0 bridgehead atoms. The first-order valence-electron chi connectivity index (χ1n) is 9.19. The Labute approximate surface area is 163 Å². The van der Waals surface area contributed by atoms with E-state index in [0.717, 1.165) is 5.39 Å². The van der Waals surface area contributed by atoms with Gasteiger partial charge in [0.2, 0.25) is 5.91 Å². The molecule has 1 aromatic heterocycles. The number of nitrogens with zero attached hydrogens (tertiary/aromatic N) is 3. The summed E-state index contributed by atoms with van der Waals surface area (Å²) in [5.74, 6) is -0.299. The van der Waals surface area contributed by atoms with Crippen LogP contribution in [0, 0.1) is 0 Å². The maximum Gasteiger partial charge on any atom is 0.254 e. The first-order valence-corrected chi connectivity index (χ1v) is 9.19. The number of amides is 2. The SMILES string of the molecule is COCC(=O)N1CCO[C@@H](c2cc(C(=O)N(C)CCO)c3ccccc3n2)C1. The van der Waals surface area contributed by atoms with Crippen LogP contribution in [-0.2, 0) is 14.3 Å². The number of methoxy groups -OCH3 is 1. The molecule has 1 aliphatic heterocycles. The van der Waals surface area contributed by atoms with E-state index in [9.17, 15) is 9.59 Å². The van der Waals surface area contributed by atoms with Crippen LogP contribution in [-0.4, -0.2) is 85.3 Å². The van der Waals surface area contributed by atoms with Gasteiger partial charge in [-0.1, -0.05) is 18.2 Å². The Morgan fingerprint density at radius 1 is 1.39 bits per heavy atom. The molecular weight excluding hydrogens is 362 g/mol. The average molecular weight is 387 g/mol. The molecular formula is C20H25N3O5. The Morgan fingerprint density at radius 2 is 2.18 bits per heavy atom. The number of hydrogen-bond donors (Lipinski definition) is 1. The van der Waals surface area contributed by atoms with Crippen LogP contribution in [0.4, 0.5) is 0 Å². The molecule has 0 aliphatic carbocycles. The molecule has 3 rings (SSSR count). The van der Waals surface area contributed by atoms with Crippen molar-refractivity contribution in [3.63, 3.8) is 0 Å². The Balaban J connectivity index is 1.95. The lowest BCUT2D eigenvalue weighted by Crippen LogP contribution is -2.44. The Bertz CT molecular complexity index is 857. The predicted molar refractivity (Wildman–Crippen MR) is 103 cm³/mol. The second-order valence-corrected chi connectivity index (χ2v) is 6.69. The summed E-state index contributed by atoms with van der Waals surface area (Å²) in [6.45, 7) is 1.39. The van der Waals surface area contributed by atoms with E-state index in [0.29, 0.717) is 36.5 Å². The van der Waals surface area contributed by atoms with Crippen molar-refractivity contribution in [3.8, 4) is 0 Å². The zero-order valence-corrected chi connectivity index (χ0v) is 16.1. The summed E-state index contributed by atoms with van der Waals surface area (Å²) in [5.41, 5.74) is 1.79. The fourth-order valence-corrected chi connectivity index (χ4v) is 3.26. The molecule has 0 spiro atoms. The lowest BCUT2D eigenvalue weighted by atomic mass is 10.0. The molecule has 1 atom stereocenters. The lowest BCUT2D eigenvalue weighted by Gasteiger charge is -2.33. The maximum atomic E-state index is 12.9. The van der Waals surface area contributed by atoms with Crippen LogP contribution in [0.15, 0.2) is 30.3 Å². The number of hydrogen-bond acceptors (Lipinski definition) is 6. The van der Waals surface area contributed by atoms with Crippen molar-refractivity contribution in [1.29, 1.82) is 0 Å². The van der Waals surface area contributed by atoms with Crippen LogP contribution in [0.3, 0.4) is 0 Å². The van der Waals surface area contributed by atoms with Crippen molar-refractivity contribution >= 4 is 22.7 Å². The van der Waals surface area contributed by atoms with Gasteiger partial charge < -0.3 is 24.4 Å². The van der Waals surface area contributed by atoms with E-state index in [-0.39, 0.29) is 31.6 Å². The molecule has 1 N–H and O–H groups in total. The third kappa shape index (κ3) is 4.30. The number of rotatable bonds is 6. The summed E-state index contributed by atoms with van der Waals surface area (Å²) in [7, 11) is 3.14. The molecule has 8 heteroatoms. The highest BCUT2D eigenvalue weighted by Gasteiger charge is 2.28. The topological polar surface area (TPSA) is 92.2 Å². The highest BCUT2D eigenvalue weighted by molar-refractivity contribution is 6.06. The second-order valence-electron chi connectivity index (χ2n) is 6.69. The number of benzene rings is 1. The van der Waals surface area contributed by atoms with Gasteiger partial charge in [-0.15, -0.1) is 0 Å². The largest absolute Gasteiger partial charge is 0.395 e. The van der Waals surface area contributed by atoms with Gasteiger partial charge in [-0.25, -0.2) is 4.98 Å². The van der Waals surface area contributed by atoms with E-state index in [1.54, 1.807) is 18.0 Å². The molecule has 0 saturated carbocycles. The fourth-order valence-electron chi connectivity index (χ4n) is 3.26. The number of aromatic nitrogens is 1. The van der Waals surface area contributed by atoms with Gasteiger partial charge in [0.15, 0.2) is 0 Å². The number of ether oxygens (including phenoxy) is 2. The number of pyridine rings is 1. The molecule has 1 aliphatic rings. The van der Waals surface area contributed by atoms with Crippen LogP contribution in [0.25, 0.3) is 10.9 Å². The standard InChI is InChI=1S/C20H25N3O5/c1-22(7-9-24)20(26)15-11-17(21-16-6-4-3-5-14(15)16)18-12-23(8-10-28-18)19(25)13-27-2/h3-6,11,18,24H,7-10,12-13H2,1-2H3/t18-/m1/s1. The van der Waals surface area contributed by atoms with Crippen LogP contribution in [0.5, 0.6) is 0 Å². The number of carbonyl (C=O) groups is 2. The van der Waals surface area contributed by atoms with E-state index in [1.165, 1.54) is 12.0 Å². The number of aliphatic hydroxyl groups is 1. The van der Waals surface area contributed by atoms with Gasteiger partial charge in [-0.3, -0.25) is 9.59 Å². The number of para-hydroxylation sites is 1. The van der Waals surface area contributed by atoms with Gasteiger partial charge in [0, 0.05) is 32.6 Å². The normalized spacial score (nSPS) is 17.0. The summed E-state index contributed by atoms with van der Waals surface area (Å²) in [4.78, 5) is 32.9. The predicted octanol–water partition coefficient (Wildman–Crippen LogP) is 0.845. The first kappa shape index (κ1) is 20.2. The molecule has 2 amide bonds. The molecule has 150 valence electrons. The molecule has 2 aromatic rings. The smallest absolute Gasteiger partial charge is 0.254 e. The molecule has 28 heavy (non-hydrogen) atoms. The van der Waals surface area contributed by atoms with Crippen LogP contribution >= 0.6 is 0 Å². The minimum atomic E-state index is -0.422. The van der Waals surface area contributed by atoms with Crippen molar-refractivity contribution in [2.24, 2.45) is 0 Å². The van der Waals surface area contributed by atoms with E-state index < -0.39 is 6.10 Å². The zero-order valence-electron chi connectivity index (χ0n) is 16.1. The summed E-state index contributed by atoms with van der Waals surface area (Å²) in [6, 6.07) is 9.14. The average Bonchev–Trinajstić information content (AvgIpc) is 2.73. The number of morpholine rings is 1. The van der Waals surface area contributed by atoms with E-state index in [2.05, 4.69) is 4.98 Å². The Hall–Kier alpha value is -2.55. The van der Waals surface area contributed by atoms with Crippen molar-refractivity contribution in [3.05, 3.63) is 41.6 Å². The molecule has 1 saturated heterocycles. The van der Waals surface area contributed by atoms with Crippen LogP contribution in [0.2, 0.25) is 0 Å². The van der Waals surface area contributed by atoms with Crippen molar-refractivity contribution in [1.82, 2.24) is 14.8 Å². The van der Waals surface area contributed by atoms with E-state index >= 15 is 0 Å². The number of carbonyl (C=O) groups excluding carboxylic acids is 2. The van der Waals surface area contributed by atoms with Gasteiger partial charge in [-0.2, -0.15) is 0 Å². The molecule has 2 heterocycles. The number of fused-ring (bicyclic) bond motifs is 1. The lowest BCUT2D eigenvalue weighted by molar-refractivity contribution is -0.143. The highest BCUT2D eigenvalue weighted by Crippen LogP contribution is 2.26. The van der Waals surface area contributed by atoms with Crippen LogP contribution in [0.1, 0.15) is 22.2 Å². The Kier molecular flexibility index (Phi) is 6.56. The molecule has 1 fully saturated rings. The van der Waals surface area contributed by atoms with E-state index in [4.69, 9.17) is 14.6 Å². The van der Waals surface area contributed by atoms with Gasteiger partial charge in [-0.05, 0) is 12.1 Å². The maximum absolute atomic E-state index is 12.9.